The highest BCUT2D eigenvalue weighted by molar-refractivity contribution is 5.78. The number of carbonyl (C=O) groups excluding carboxylic acids is 1. The van der Waals surface area contributed by atoms with Crippen molar-refractivity contribution in [1.29, 1.82) is 0 Å². The second-order valence-electron chi connectivity index (χ2n) is 6.01. The maximum Gasteiger partial charge on any atom is 0.306 e. The van der Waals surface area contributed by atoms with E-state index in [0.29, 0.717) is 6.54 Å². The van der Waals surface area contributed by atoms with Gasteiger partial charge in [-0.15, -0.1) is 0 Å². The highest BCUT2D eigenvalue weighted by Gasteiger charge is 2.31. The Hall–Kier alpha value is -1.06. The first-order chi connectivity index (χ1) is 9.60. The van der Waals surface area contributed by atoms with Crippen LogP contribution < -0.4 is 5.32 Å². The van der Waals surface area contributed by atoms with Crippen LogP contribution in [0.3, 0.4) is 0 Å². The Morgan fingerprint density at radius 3 is 2.30 bits per heavy atom. The quantitative estimate of drug-likeness (QED) is 0.719. The largest absolute Gasteiger partial charge is 0.481 e. The fourth-order valence-electron chi connectivity index (χ4n) is 3.26. The maximum atomic E-state index is 12.2. The number of nitrogens with one attached hydrogen (secondary N) is 1. The summed E-state index contributed by atoms with van der Waals surface area (Å²) < 4.78 is 0. The van der Waals surface area contributed by atoms with Gasteiger partial charge in [0.1, 0.15) is 0 Å². The Morgan fingerprint density at radius 2 is 1.75 bits per heavy atom. The normalized spacial score (nSPS) is 22.8. The minimum Gasteiger partial charge on any atom is -0.481 e. The molecule has 2 N–H and O–H groups in total. The minimum absolute atomic E-state index is 0.0943. The van der Waals surface area contributed by atoms with Crippen LogP contribution in [-0.2, 0) is 9.59 Å². The third-order valence-corrected chi connectivity index (χ3v) is 4.41. The zero-order valence-electron chi connectivity index (χ0n) is 12.9. The Morgan fingerprint density at radius 1 is 1.15 bits per heavy atom. The second-order valence-corrected chi connectivity index (χ2v) is 6.01. The second kappa shape index (κ2) is 8.98. The van der Waals surface area contributed by atoms with Gasteiger partial charge in [0.15, 0.2) is 0 Å². The molecule has 0 aliphatic heterocycles. The number of hydrogen-bond acceptors (Lipinski definition) is 2. The zero-order chi connectivity index (χ0) is 15.0. The van der Waals surface area contributed by atoms with Crippen LogP contribution in [0.5, 0.6) is 0 Å². The molecule has 1 saturated carbocycles. The third-order valence-electron chi connectivity index (χ3n) is 4.41. The van der Waals surface area contributed by atoms with Crippen LogP contribution in [0.1, 0.15) is 65.2 Å². The molecule has 0 aromatic heterocycles. The number of amides is 1. The summed E-state index contributed by atoms with van der Waals surface area (Å²) in [5.74, 6) is -0.670. The molecule has 2 unspecified atom stereocenters. The van der Waals surface area contributed by atoms with Gasteiger partial charge in [0.2, 0.25) is 5.91 Å². The van der Waals surface area contributed by atoms with Crippen LogP contribution in [0.2, 0.25) is 0 Å². The van der Waals surface area contributed by atoms with Crippen molar-refractivity contribution in [2.45, 2.75) is 65.2 Å². The van der Waals surface area contributed by atoms with Crippen molar-refractivity contribution in [2.75, 3.05) is 6.54 Å². The van der Waals surface area contributed by atoms with E-state index in [1.165, 1.54) is 0 Å². The molecule has 1 fully saturated rings. The summed E-state index contributed by atoms with van der Waals surface area (Å²) in [6.45, 7) is 4.72. The molecule has 0 bridgehead atoms. The van der Waals surface area contributed by atoms with Gasteiger partial charge in [0.25, 0.3) is 0 Å². The molecule has 0 heterocycles. The Bertz CT molecular complexity index is 311. The smallest absolute Gasteiger partial charge is 0.306 e. The third kappa shape index (κ3) is 5.14. The molecule has 4 heteroatoms. The molecule has 1 aliphatic carbocycles. The van der Waals surface area contributed by atoms with E-state index < -0.39 is 5.97 Å². The first-order valence-corrected chi connectivity index (χ1v) is 8.10. The summed E-state index contributed by atoms with van der Waals surface area (Å²) >= 11 is 0. The molecule has 1 rings (SSSR count). The molecular formula is C16H29NO3. The molecule has 0 spiro atoms. The molecule has 0 aromatic rings. The molecule has 0 radical (unpaired) electrons. The molecule has 1 amide bonds. The monoisotopic (exact) mass is 283 g/mol. The van der Waals surface area contributed by atoms with E-state index in [1.807, 2.05) is 0 Å². The van der Waals surface area contributed by atoms with E-state index >= 15 is 0 Å². The van der Waals surface area contributed by atoms with Gasteiger partial charge in [-0.2, -0.15) is 0 Å². The summed E-state index contributed by atoms with van der Waals surface area (Å²) in [4.78, 5) is 23.4. The average molecular weight is 283 g/mol. The van der Waals surface area contributed by atoms with E-state index in [4.69, 9.17) is 0 Å². The van der Waals surface area contributed by atoms with E-state index in [-0.39, 0.29) is 23.7 Å². The first kappa shape index (κ1) is 17.0. The van der Waals surface area contributed by atoms with Gasteiger partial charge in [-0.25, -0.2) is 0 Å². The van der Waals surface area contributed by atoms with Gasteiger partial charge in [-0.3, -0.25) is 9.59 Å². The number of rotatable bonds is 8. The molecule has 0 saturated heterocycles. The number of carboxylic acids is 1. The molecule has 2 atom stereocenters. The van der Waals surface area contributed by atoms with Crippen LogP contribution in [0, 0.1) is 17.8 Å². The van der Waals surface area contributed by atoms with E-state index in [2.05, 4.69) is 19.2 Å². The van der Waals surface area contributed by atoms with Crippen LogP contribution in [0.4, 0.5) is 0 Å². The SMILES string of the molecule is CCCC(CCC)C(=O)NCC1CCCCC1C(=O)O. The van der Waals surface area contributed by atoms with Crippen molar-refractivity contribution in [3.8, 4) is 0 Å². The lowest BCUT2D eigenvalue weighted by atomic mass is 9.79. The maximum absolute atomic E-state index is 12.2. The van der Waals surface area contributed by atoms with Crippen molar-refractivity contribution in [1.82, 2.24) is 5.32 Å². The molecule has 1 aliphatic rings. The number of hydrogen-bond donors (Lipinski definition) is 2. The number of carbonyl (C=O) groups is 2. The summed E-state index contributed by atoms with van der Waals surface area (Å²) in [7, 11) is 0. The number of carboxylic acid groups (broad SMARTS) is 1. The van der Waals surface area contributed by atoms with E-state index in [1.54, 1.807) is 0 Å². The predicted octanol–water partition coefficient (Wildman–Crippen LogP) is 3.21. The van der Waals surface area contributed by atoms with E-state index in [0.717, 1.165) is 51.4 Å². The van der Waals surface area contributed by atoms with Gasteiger partial charge in [-0.1, -0.05) is 39.5 Å². The summed E-state index contributed by atoms with van der Waals surface area (Å²) in [5, 5.41) is 12.2. The first-order valence-electron chi connectivity index (χ1n) is 8.10. The standard InChI is InChI=1S/C16H29NO3/c1-3-7-12(8-4-2)15(18)17-11-13-9-5-6-10-14(13)16(19)20/h12-14H,3-11H2,1-2H3,(H,17,18)(H,19,20). The van der Waals surface area contributed by atoms with Crippen molar-refractivity contribution in [3.05, 3.63) is 0 Å². The lowest BCUT2D eigenvalue weighted by Crippen LogP contribution is -2.39. The fourth-order valence-corrected chi connectivity index (χ4v) is 3.26. The lowest BCUT2D eigenvalue weighted by molar-refractivity contribution is -0.145. The molecule has 0 aromatic carbocycles. The highest BCUT2D eigenvalue weighted by atomic mass is 16.4. The van der Waals surface area contributed by atoms with Crippen LogP contribution >= 0.6 is 0 Å². The topological polar surface area (TPSA) is 66.4 Å². The van der Waals surface area contributed by atoms with Crippen molar-refractivity contribution in [3.63, 3.8) is 0 Å². The van der Waals surface area contributed by atoms with Gasteiger partial charge in [0, 0.05) is 12.5 Å². The van der Waals surface area contributed by atoms with E-state index in [9.17, 15) is 14.7 Å². The summed E-state index contributed by atoms with van der Waals surface area (Å²) in [6, 6.07) is 0. The fraction of sp³-hybridized carbons (Fsp3) is 0.875. The van der Waals surface area contributed by atoms with Crippen molar-refractivity contribution >= 4 is 11.9 Å². The number of aliphatic carboxylic acids is 1. The molecule has 20 heavy (non-hydrogen) atoms. The Kier molecular flexibility index (Phi) is 7.63. The highest BCUT2D eigenvalue weighted by Crippen LogP contribution is 2.29. The zero-order valence-corrected chi connectivity index (χ0v) is 12.9. The molecular weight excluding hydrogens is 254 g/mol. The van der Waals surface area contributed by atoms with Gasteiger partial charge in [0.05, 0.1) is 5.92 Å². The van der Waals surface area contributed by atoms with Crippen molar-refractivity contribution in [2.24, 2.45) is 17.8 Å². The average Bonchev–Trinajstić information content (AvgIpc) is 2.44. The van der Waals surface area contributed by atoms with Gasteiger partial charge >= 0.3 is 5.97 Å². The Balaban J connectivity index is 2.46. The van der Waals surface area contributed by atoms with Gasteiger partial charge < -0.3 is 10.4 Å². The summed E-state index contributed by atoms with van der Waals surface area (Å²) in [5.41, 5.74) is 0. The van der Waals surface area contributed by atoms with Crippen LogP contribution in [-0.4, -0.2) is 23.5 Å². The minimum atomic E-state index is -0.706. The van der Waals surface area contributed by atoms with Crippen LogP contribution in [0.25, 0.3) is 0 Å². The van der Waals surface area contributed by atoms with Crippen molar-refractivity contribution < 1.29 is 14.7 Å². The van der Waals surface area contributed by atoms with Gasteiger partial charge in [-0.05, 0) is 31.6 Å². The predicted molar refractivity (Wildman–Crippen MR) is 79.4 cm³/mol. The lowest BCUT2D eigenvalue weighted by Gasteiger charge is -2.29. The molecule has 116 valence electrons. The Labute approximate surface area is 122 Å². The molecule has 4 nitrogen and oxygen atoms in total. The summed E-state index contributed by atoms with van der Waals surface area (Å²) in [6.07, 6.45) is 7.62. The van der Waals surface area contributed by atoms with Crippen LogP contribution in [0.15, 0.2) is 0 Å².